The lowest BCUT2D eigenvalue weighted by Gasteiger charge is -2.20. The minimum absolute atomic E-state index is 0.177. The van der Waals surface area contributed by atoms with E-state index in [4.69, 9.17) is 0 Å². The highest BCUT2D eigenvalue weighted by Crippen LogP contribution is 2.29. The van der Waals surface area contributed by atoms with Gasteiger partial charge >= 0.3 is 0 Å². The van der Waals surface area contributed by atoms with E-state index in [2.05, 4.69) is 10.5 Å². The number of rotatable bonds is 8. The van der Waals surface area contributed by atoms with Crippen molar-refractivity contribution >= 4 is 27.6 Å². The van der Waals surface area contributed by atoms with Crippen molar-refractivity contribution in [3.05, 3.63) is 63.7 Å². The number of hydrazone groups is 1. The molecule has 0 saturated carbocycles. The van der Waals surface area contributed by atoms with E-state index in [0.29, 0.717) is 0 Å². The third-order valence-electron chi connectivity index (χ3n) is 3.94. The largest absolute Gasteiger partial charge is 0.277 e. The maximum Gasteiger partial charge on any atom is 0.270 e. The number of benzene rings is 2. The zero-order valence-electron chi connectivity index (χ0n) is 15.4. The highest BCUT2D eigenvalue weighted by atomic mass is 32.2. The van der Waals surface area contributed by atoms with Crippen molar-refractivity contribution in [3.8, 4) is 0 Å². The van der Waals surface area contributed by atoms with Crippen LogP contribution in [0, 0.1) is 17.0 Å². The maximum absolute atomic E-state index is 12.9. The van der Waals surface area contributed by atoms with Gasteiger partial charge in [-0.25, -0.2) is 8.42 Å². The standard InChI is InChI=1S/C18H22N4O4S/c1-4-21(5-2)27(25,26)18-12-16(22(23)24)9-10-17(18)20-19-13-15-8-6-7-14(3)11-15/h6-13,20H,4-5H2,1-3H3. The normalized spacial score (nSPS) is 11.9. The van der Waals surface area contributed by atoms with Crippen molar-refractivity contribution in [1.29, 1.82) is 0 Å². The Bertz CT molecular complexity index is 954. The molecule has 0 atom stereocenters. The number of nitrogens with one attached hydrogen (secondary N) is 1. The third kappa shape index (κ3) is 4.89. The van der Waals surface area contributed by atoms with Gasteiger partial charge < -0.3 is 0 Å². The molecule has 0 aliphatic carbocycles. The van der Waals surface area contributed by atoms with Crippen LogP contribution in [0.2, 0.25) is 0 Å². The molecule has 0 aliphatic rings. The number of non-ortho nitro benzene ring substituents is 1. The van der Waals surface area contributed by atoms with Gasteiger partial charge in [0.05, 0.1) is 16.8 Å². The highest BCUT2D eigenvalue weighted by Gasteiger charge is 2.27. The van der Waals surface area contributed by atoms with Crippen LogP contribution in [0.15, 0.2) is 52.5 Å². The number of aryl methyl sites for hydroxylation is 1. The Morgan fingerprint density at radius 3 is 2.48 bits per heavy atom. The molecule has 0 spiro atoms. The molecular formula is C18H22N4O4S. The summed E-state index contributed by atoms with van der Waals surface area (Å²) in [5.41, 5.74) is 4.49. The summed E-state index contributed by atoms with van der Waals surface area (Å²) in [6.45, 7) is 5.89. The number of nitro benzene ring substituents is 1. The number of hydrogen-bond acceptors (Lipinski definition) is 6. The van der Waals surface area contributed by atoms with Gasteiger partial charge in [-0.1, -0.05) is 43.7 Å². The second-order valence-electron chi connectivity index (χ2n) is 5.81. The molecule has 0 fully saturated rings. The average molecular weight is 390 g/mol. The molecule has 2 aromatic carbocycles. The summed E-state index contributed by atoms with van der Waals surface area (Å²) in [4.78, 5) is 10.3. The van der Waals surface area contributed by atoms with Crippen LogP contribution in [0.3, 0.4) is 0 Å². The number of anilines is 1. The molecule has 0 aromatic heterocycles. The molecule has 9 heteroatoms. The molecular weight excluding hydrogens is 368 g/mol. The van der Waals surface area contributed by atoms with Gasteiger partial charge in [-0.15, -0.1) is 0 Å². The lowest BCUT2D eigenvalue weighted by atomic mass is 10.2. The molecule has 0 bridgehead atoms. The summed E-state index contributed by atoms with van der Waals surface area (Å²) < 4.78 is 27.0. The van der Waals surface area contributed by atoms with Crippen LogP contribution < -0.4 is 5.43 Å². The molecule has 0 radical (unpaired) electrons. The first kappa shape index (κ1) is 20.5. The van der Waals surface area contributed by atoms with Gasteiger partial charge in [-0.3, -0.25) is 15.5 Å². The maximum atomic E-state index is 12.9. The fourth-order valence-electron chi connectivity index (χ4n) is 2.56. The van der Waals surface area contributed by atoms with Crippen LogP contribution in [0.25, 0.3) is 0 Å². The quantitative estimate of drug-likeness (QED) is 0.423. The Hall–Kier alpha value is -2.78. The Morgan fingerprint density at radius 1 is 1.19 bits per heavy atom. The second kappa shape index (κ2) is 8.74. The number of nitro groups is 1. The molecule has 8 nitrogen and oxygen atoms in total. The molecule has 27 heavy (non-hydrogen) atoms. The van der Waals surface area contributed by atoms with E-state index in [-0.39, 0.29) is 29.4 Å². The minimum Gasteiger partial charge on any atom is -0.277 e. The van der Waals surface area contributed by atoms with E-state index in [1.807, 2.05) is 31.2 Å². The molecule has 0 amide bonds. The molecule has 0 saturated heterocycles. The molecule has 1 N–H and O–H groups in total. The second-order valence-corrected chi connectivity index (χ2v) is 7.72. The fourth-order valence-corrected chi connectivity index (χ4v) is 4.18. The van der Waals surface area contributed by atoms with E-state index >= 15 is 0 Å². The van der Waals surface area contributed by atoms with E-state index in [1.54, 1.807) is 20.1 Å². The summed E-state index contributed by atoms with van der Waals surface area (Å²) in [5.74, 6) is 0. The Balaban J connectivity index is 2.42. The van der Waals surface area contributed by atoms with Gasteiger partial charge in [-0.2, -0.15) is 9.41 Å². The lowest BCUT2D eigenvalue weighted by molar-refractivity contribution is -0.385. The number of sulfonamides is 1. The molecule has 0 heterocycles. The van der Waals surface area contributed by atoms with Gasteiger partial charge in [0.2, 0.25) is 10.0 Å². The average Bonchev–Trinajstić information content (AvgIpc) is 2.62. The van der Waals surface area contributed by atoms with Crippen LogP contribution >= 0.6 is 0 Å². The van der Waals surface area contributed by atoms with Crippen molar-refractivity contribution in [2.45, 2.75) is 25.7 Å². The summed E-state index contributed by atoms with van der Waals surface area (Å²) in [6, 6.07) is 11.3. The Labute approximate surface area is 158 Å². The number of nitrogens with zero attached hydrogens (tertiary/aromatic N) is 3. The summed E-state index contributed by atoms with van der Waals surface area (Å²) in [5, 5.41) is 15.2. The number of hydrogen-bond donors (Lipinski definition) is 1. The first-order chi connectivity index (χ1) is 12.8. The van der Waals surface area contributed by atoms with Crippen LogP contribution in [0.5, 0.6) is 0 Å². The van der Waals surface area contributed by atoms with Crippen molar-refractivity contribution in [3.63, 3.8) is 0 Å². The van der Waals surface area contributed by atoms with Crippen molar-refractivity contribution in [1.82, 2.24) is 4.31 Å². The predicted molar refractivity (Wildman–Crippen MR) is 106 cm³/mol. The van der Waals surface area contributed by atoms with Crippen LogP contribution in [0.4, 0.5) is 11.4 Å². The van der Waals surface area contributed by atoms with E-state index in [0.717, 1.165) is 17.2 Å². The van der Waals surface area contributed by atoms with Crippen molar-refractivity contribution in [2.24, 2.45) is 5.10 Å². The van der Waals surface area contributed by atoms with Crippen LogP contribution in [0.1, 0.15) is 25.0 Å². The first-order valence-electron chi connectivity index (χ1n) is 8.44. The SMILES string of the molecule is CCN(CC)S(=O)(=O)c1cc([N+](=O)[O-])ccc1NN=Cc1cccc(C)c1. The molecule has 2 rings (SSSR count). The van der Waals surface area contributed by atoms with Gasteiger partial charge in [0.15, 0.2) is 0 Å². The van der Waals surface area contributed by atoms with E-state index in [1.165, 1.54) is 16.4 Å². The smallest absolute Gasteiger partial charge is 0.270 e. The molecule has 0 unspecified atom stereocenters. The van der Waals surface area contributed by atoms with Gasteiger partial charge in [0.1, 0.15) is 4.90 Å². The predicted octanol–water partition coefficient (Wildman–Crippen LogP) is 3.38. The Kier molecular flexibility index (Phi) is 6.65. The summed E-state index contributed by atoms with van der Waals surface area (Å²) in [6.07, 6.45) is 1.56. The third-order valence-corrected chi connectivity index (χ3v) is 6.03. The topological polar surface area (TPSA) is 105 Å². The summed E-state index contributed by atoms with van der Waals surface area (Å²) >= 11 is 0. The molecule has 144 valence electrons. The lowest BCUT2D eigenvalue weighted by Crippen LogP contribution is -2.31. The summed E-state index contributed by atoms with van der Waals surface area (Å²) in [7, 11) is -3.90. The molecule has 2 aromatic rings. The van der Waals surface area contributed by atoms with E-state index < -0.39 is 14.9 Å². The zero-order valence-corrected chi connectivity index (χ0v) is 16.2. The van der Waals surface area contributed by atoms with Crippen molar-refractivity contribution < 1.29 is 13.3 Å². The van der Waals surface area contributed by atoms with Crippen LogP contribution in [-0.4, -0.2) is 37.0 Å². The highest BCUT2D eigenvalue weighted by molar-refractivity contribution is 7.89. The minimum atomic E-state index is -3.90. The zero-order chi connectivity index (χ0) is 20.0. The molecule has 0 aliphatic heterocycles. The van der Waals surface area contributed by atoms with E-state index in [9.17, 15) is 18.5 Å². The van der Waals surface area contributed by atoms with Gasteiger partial charge in [-0.05, 0) is 18.6 Å². The van der Waals surface area contributed by atoms with Gasteiger partial charge in [0.25, 0.3) is 5.69 Å². The first-order valence-corrected chi connectivity index (χ1v) is 9.88. The van der Waals surface area contributed by atoms with Crippen molar-refractivity contribution in [2.75, 3.05) is 18.5 Å². The van der Waals surface area contributed by atoms with Gasteiger partial charge in [0, 0.05) is 25.2 Å². The van der Waals surface area contributed by atoms with Crippen LogP contribution in [-0.2, 0) is 10.0 Å². The monoisotopic (exact) mass is 390 g/mol. The fraction of sp³-hybridized carbons (Fsp3) is 0.278. The Morgan fingerprint density at radius 2 is 1.89 bits per heavy atom.